The van der Waals surface area contributed by atoms with Gasteiger partial charge in [0.2, 0.25) is 5.13 Å². The molecule has 2 aromatic heterocycles. The van der Waals surface area contributed by atoms with Crippen LogP contribution in [0.5, 0.6) is 0 Å². The van der Waals surface area contributed by atoms with Crippen molar-refractivity contribution >= 4 is 28.2 Å². The first-order chi connectivity index (χ1) is 11.4. The SMILES string of the molecule is Cn1cc(NC(=O)Nc2nnc(C(C)(C)c3ccccc3)s2)cn1. The minimum Gasteiger partial charge on any atom is -0.305 e. The van der Waals surface area contributed by atoms with Gasteiger partial charge in [0.05, 0.1) is 11.9 Å². The maximum Gasteiger partial charge on any atom is 0.325 e. The molecule has 0 aliphatic rings. The predicted octanol–water partition coefficient (Wildman–Crippen LogP) is 3.24. The highest BCUT2D eigenvalue weighted by molar-refractivity contribution is 7.15. The molecule has 2 amide bonds. The summed E-state index contributed by atoms with van der Waals surface area (Å²) in [6, 6.07) is 9.73. The van der Waals surface area contributed by atoms with Crippen LogP contribution in [-0.2, 0) is 12.5 Å². The Morgan fingerprint density at radius 2 is 1.92 bits per heavy atom. The number of nitrogens with one attached hydrogen (secondary N) is 2. The van der Waals surface area contributed by atoms with Gasteiger partial charge in [-0.3, -0.25) is 10.00 Å². The van der Waals surface area contributed by atoms with E-state index in [1.807, 2.05) is 18.2 Å². The molecule has 0 radical (unpaired) electrons. The van der Waals surface area contributed by atoms with Crippen LogP contribution < -0.4 is 10.6 Å². The molecule has 3 rings (SSSR count). The van der Waals surface area contributed by atoms with E-state index in [0.717, 1.165) is 10.6 Å². The minimum atomic E-state index is -0.372. The topological polar surface area (TPSA) is 84.7 Å². The third kappa shape index (κ3) is 3.43. The number of benzene rings is 1. The fourth-order valence-corrected chi connectivity index (χ4v) is 3.11. The summed E-state index contributed by atoms with van der Waals surface area (Å²) in [5.41, 5.74) is 1.48. The molecule has 0 unspecified atom stereocenters. The van der Waals surface area contributed by atoms with E-state index in [0.29, 0.717) is 10.8 Å². The Morgan fingerprint density at radius 3 is 2.58 bits per heavy atom. The Kier molecular flexibility index (Phi) is 4.30. The molecule has 3 aromatic rings. The van der Waals surface area contributed by atoms with Crippen LogP contribution in [0.2, 0.25) is 0 Å². The number of carbonyl (C=O) groups excluding carboxylic acids is 1. The molecule has 0 saturated heterocycles. The van der Waals surface area contributed by atoms with Gasteiger partial charge in [-0.05, 0) is 19.4 Å². The zero-order chi connectivity index (χ0) is 17.2. The van der Waals surface area contributed by atoms with Crippen LogP contribution in [0.15, 0.2) is 42.7 Å². The van der Waals surface area contributed by atoms with Crippen LogP contribution in [-0.4, -0.2) is 26.0 Å². The fraction of sp³-hybridized carbons (Fsp3) is 0.250. The van der Waals surface area contributed by atoms with Gasteiger partial charge < -0.3 is 5.32 Å². The maximum atomic E-state index is 12.0. The summed E-state index contributed by atoms with van der Waals surface area (Å²) in [6.45, 7) is 4.17. The van der Waals surface area contributed by atoms with Gasteiger partial charge in [0.25, 0.3) is 0 Å². The first kappa shape index (κ1) is 16.1. The smallest absolute Gasteiger partial charge is 0.305 e. The highest BCUT2D eigenvalue weighted by Crippen LogP contribution is 2.34. The van der Waals surface area contributed by atoms with Crippen LogP contribution in [0.1, 0.15) is 24.4 Å². The summed E-state index contributed by atoms with van der Waals surface area (Å²) in [5, 5.41) is 19.0. The number of urea groups is 1. The number of rotatable bonds is 4. The number of carbonyl (C=O) groups is 1. The van der Waals surface area contributed by atoms with Gasteiger partial charge in [-0.1, -0.05) is 41.7 Å². The summed E-state index contributed by atoms with van der Waals surface area (Å²) in [4.78, 5) is 12.0. The molecule has 2 N–H and O–H groups in total. The molecule has 8 heteroatoms. The molecule has 24 heavy (non-hydrogen) atoms. The van der Waals surface area contributed by atoms with Crippen LogP contribution in [0.4, 0.5) is 15.6 Å². The van der Waals surface area contributed by atoms with Crippen molar-refractivity contribution in [1.82, 2.24) is 20.0 Å². The highest BCUT2D eigenvalue weighted by Gasteiger charge is 2.27. The number of amides is 2. The first-order valence-electron chi connectivity index (χ1n) is 7.41. The maximum absolute atomic E-state index is 12.0. The van der Waals surface area contributed by atoms with Crippen molar-refractivity contribution < 1.29 is 4.79 Å². The number of nitrogens with zero attached hydrogens (tertiary/aromatic N) is 4. The summed E-state index contributed by atoms with van der Waals surface area (Å²) >= 11 is 1.36. The molecule has 124 valence electrons. The Morgan fingerprint density at radius 1 is 1.17 bits per heavy atom. The van der Waals surface area contributed by atoms with Crippen molar-refractivity contribution in [2.45, 2.75) is 19.3 Å². The highest BCUT2D eigenvalue weighted by atomic mass is 32.1. The molecular formula is C16H18N6OS. The number of hydrogen-bond acceptors (Lipinski definition) is 5. The molecule has 0 bridgehead atoms. The van der Waals surface area contributed by atoms with Gasteiger partial charge in [0, 0.05) is 18.7 Å². The zero-order valence-corrected chi connectivity index (χ0v) is 14.5. The van der Waals surface area contributed by atoms with Crippen LogP contribution in [0.25, 0.3) is 0 Å². The molecular weight excluding hydrogens is 324 g/mol. The normalized spacial score (nSPS) is 11.3. The molecule has 0 aliphatic carbocycles. The lowest BCUT2D eigenvalue weighted by Crippen LogP contribution is -2.19. The lowest BCUT2D eigenvalue weighted by Gasteiger charge is -2.21. The second-order valence-corrected chi connectivity index (χ2v) is 6.86. The Labute approximate surface area is 143 Å². The number of anilines is 2. The van der Waals surface area contributed by atoms with E-state index in [2.05, 4.69) is 51.9 Å². The molecule has 0 atom stereocenters. The molecule has 7 nitrogen and oxygen atoms in total. The van der Waals surface area contributed by atoms with Gasteiger partial charge in [0.1, 0.15) is 5.01 Å². The second kappa shape index (κ2) is 6.40. The van der Waals surface area contributed by atoms with Gasteiger partial charge in [-0.25, -0.2) is 4.79 Å². The van der Waals surface area contributed by atoms with Crippen LogP contribution >= 0.6 is 11.3 Å². The molecule has 0 fully saturated rings. The van der Waals surface area contributed by atoms with Crippen molar-refractivity contribution in [3.05, 3.63) is 53.3 Å². The van der Waals surface area contributed by atoms with Crippen molar-refractivity contribution in [3.8, 4) is 0 Å². The van der Waals surface area contributed by atoms with Crippen LogP contribution in [0, 0.1) is 0 Å². The standard InChI is InChI=1S/C16H18N6OS/c1-16(2,11-7-5-4-6-8-11)13-20-21-15(24-13)19-14(23)18-12-9-17-22(3)10-12/h4-10H,1-3H3,(H2,18,19,21,23). The van der Waals surface area contributed by atoms with Crippen molar-refractivity contribution in [3.63, 3.8) is 0 Å². The van der Waals surface area contributed by atoms with E-state index in [1.165, 1.54) is 11.3 Å². The number of aryl methyl sites for hydroxylation is 1. The zero-order valence-electron chi connectivity index (χ0n) is 13.6. The Hall–Kier alpha value is -2.74. The summed E-state index contributed by atoms with van der Waals surface area (Å²) < 4.78 is 1.61. The molecule has 1 aromatic carbocycles. The van der Waals surface area contributed by atoms with Gasteiger partial charge in [-0.15, -0.1) is 10.2 Å². The van der Waals surface area contributed by atoms with E-state index in [9.17, 15) is 4.79 Å². The van der Waals surface area contributed by atoms with E-state index in [4.69, 9.17) is 0 Å². The molecule has 0 spiro atoms. The molecule has 0 aliphatic heterocycles. The third-order valence-corrected chi connectivity index (χ3v) is 4.80. The average Bonchev–Trinajstić information content (AvgIpc) is 3.18. The summed E-state index contributed by atoms with van der Waals surface area (Å²) in [6.07, 6.45) is 3.28. The summed E-state index contributed by atoms with van der Waals surface area (Å²) in [7, 11) is 1.78. The lowest BCUT2D eigenvalue weighted by molar-refractivity contribution is 0.262. The van der Waals surface area contributed by atoms with Gasteiger partial charge in [0.15, 0.2) is 0 Å². The van der Waals surface area contributed by atoms with Gasteiger partial charge in [-0.2, -0.15) is 5.10 Å². The summed E-state index contributed by atoms with van der Waals surface area (Å²) in [5.74, 6) is 0. The first-order valence-corrected chi connectivity index (χ1v) is 8.23. The van der Waals surface area contributed by atoms with E-state index >= 15 is 0 Å². The minimum absolute atomic E-state index is 0.279. The third-order valence-electron chi connectivity index (χ3n) is 3.64. The predicted molar refractivity (Wildman–Crippen MR) is 94.3 cm³/mol. The lowest BCUT2D eigenvalue weighted by atomic mass is 9.85. The van der Waals surface area contributed by atoms with E-state index < -0.39 is 0 Å². The van der Waals surface area contributed by atoms with Crippen molar-refractivity contribution in [2.75, 3.05) is 10.6 Å². The van der Waals surface area contributed by atoms with Crippen molar-refractivity contribution in [1.29, 1.82) is 0 Å². The molecule has 2 heterocycles. The van der Waals surface area contributed by atoms with Crippen LogP contribution in [0.3, 0.4) is 0 Å². The average molecular weight is 342 g/mol. The Balaban J connectivity index is 1.70. The second-order valence-electron chi connectivity index (χ2n) is 5.89. The van der Waals surface area contributed by atoms with Crippen molar-refractivity contribution in [2.24, 2.45) is 7.05 Å². The Bertz CT molecular complexity index is 839. The quantitative estimate of drug-likeness (QED) is 0.762. The fourth-order valence-electron chi connectivity index (χ4n) is 2.25. The monoisotopic (exact) mass is 342 g/mol. The van der Waals surface area contributed by atoms with E-state index in [-0.39, 0.29) is 11.4 Å². The van der Waals surface area contributed by atoms with E-state index in [1.54, 1.807) is 24.1 Å². The molecule has 0 saturated carbocycles. The number of aromatic nitrogens is 4. The number of hydrogen-bond donors (Lipinski definition) is 2. The largest absolute Gasteiger partial charge is 0.325 e. The van der Waals surface area contributed by atoms with Gasteiger partial charge >= 0.3 is 6.03 Å².